The van der Waals surface area contributed by atoms with Crippen LogP contribution in [0.15, 0.2) is 212 Å². The van der Waals surface area contributed by atoms with Gasteiger partial charge in [-0.25, -0.2) is 4.98 Å². The molecule has 0 fully saturated rings. The number of hydrogen-bond acceptors (Lipinski definition) is 3. The van der Waals surface area contributed by atoms with Crippen molar-refractivity contribution in [2.45, 2.75) is 0 Å². The molecule has 0 aliphatic rings. The molecule has 16 aromatic rings. The lowest BCUT2D eigenvalue weighted by Gasteiger charge is -2.15. The van der Waals surface area contributed by atoms with Gasteiger partial charge in [0.15, 0.2) is 11.6 Å². The summed E-state index contributed by atoms with van der Waals surface area (Å²) in [5.74, 6) is 1.82. The van der Waals surface area contributed by atoms with Crippen LogP contribution in [0.4, 0.5) is 0 Å². The normalized spacial score (nSPS) is 12.4. The van der Waals surface area contributed by atoms with Gasteiger partial charge in [0, 0.05) is 38.4 Å². The molecule has 3 heterocycles. The van der Waals surface area contributed by atoms with Crippen LogP contribution in [0.25, 0.3) is 153 Å². The molecule has 0 amide bonds. The Bertz CT molecular complexity index is 4510. The highest BCUT2D eigenvalue weighted by Gasteiger charge is 2.24. The van der Waals surface area contributed by atoms with E-state index in [0.717, 1.165) is 76.6 Å². The van der Waals surface area contributed by atoms with Crippen LogP contribution in [0.2, 0.25) is 0 Å². The lowest BCUT2D eigenvalue weighted by Crippen LogP contribution is -2.07. The molecule has 0 saturated heterocycles. The first-order valence-electron chi connectivity index (χ1n) is 23.3. The molecular weight excluding hydrogens is 827 g/mol. The molecule has 0 spiro atoms. The maximum absolute atomic E-state index is 5.57. The number of fused-ring (bicyclic) bond motifs is 8. The van der Waals surface area contributed by atoms with Crippen molar-refractivity contribution < 1.29 is 0 Å². The summed E-state index contributed by atoms with van der Waals surface area (Å²) < 4.78 is 4.71. The number of aromatic nitrogens is 5. The molecule has 0 bridgehead atoms. The third kappa shape index (κ3) is 4.91. The molecule has 5 heteroatoms. The van der Waals surface area contributed by atoms with Crippen molar-refractivity contribution in [1.82, 2.24) is 24.1 Å². The van der Waals surface area contributed by atoms with Crippen LogP contribution < -0.4 is 0 Å². The number of nitrogens with zero attached hydrogens (tertiary/aromatic N) is 5. The lowest BCUT2D eigenvalue weighted by atomic mass is 9.92. The van der Waals surface area contributed by atoms with E-state index in [4.69, 9.17) is 15.0 Å². The van der Waals surface area contributed by atoms with Crippen LogP contribution in [0.5, 0.6) is 0 Å². The Morgan fingerprint density at radius 1 is 0.265 bits per heavy atom. The first kappa shape index (κ1) is 36.1. The van der Waals surface area contributed by atoms with Gasteiger partial charge in [-0.05, 0) is 130 Å². The standard InChI is InChI=1S/C63H35N5/c1-2-10-41-35-48(28-27-36(41)9-1)67-53-18-6-4-16-51(53)59-54(67)30-29-50-49-15-3-5-17-52(49)68(60(50)59)63-65-61(46-31-42-23-19-37-11-7-12-38-20-24-43(32-46)57(42)55(37)38)64-62(66-63)47-33-44-25-21-39-13-8-14-40-22-26-45(34-47)58(44)56(39)40/h1-35H. The molecule has 0 aliphatic heterocycles. The van der Waals surface area contributed by atoms with Gasteiger partial charge in [0.25, 0.3) is 0 Å². The van der Waals surface area contributed by atoms with Crippen LogP contribution in [0, 0.1) is 0 Å². The highest BCUT2D eigenvalue weighted by atomic mass is 15.2. The Balaban J connectivity index is 1.02. The van der Waals surface area contributed by atoms with Crippen molar-refractivity contribution in [2.75, 3.05) is 0 Å². The van der Waals surface area contributed by atoms with Gasteiger partial charge in [-0.2, -0.15) is 9.97 Å². The zero-order valence-electron chi connectivity index (χ0n) is 36.4. The summed E-state index contributed by atoms with van der Waals surface area (Å²) in [6.07, 6.45) is 0. The SMILES string of the molecule is c1ccc2cc(-n3c4ccccc4c4c3ccc3c5ccccc5n(-c5nc(-c6cc7ccc8cccc9ccc(c6)c7c89)nc(-c6cc7ccc8cccc9ccc(c6)c7c89)n5)c34)ccc2c1. The largest absolute Gasteiger partial charge is 0.309 e. The Kier molecular flexibility index (Phi) is 7.01. The van der Waals surface area contributed by atoms with Gasteiger partial charge in [-0.3, -0.25) is 4.57 Å². The van der Waals surface area contributed by atoms with Crippen LogP contribution >= 0.6 is 0 Å². The quantitative estimate of drug-likeness (QED) is 0.166. The summed E-state index contributed by atoms with van der Waals surface area (Å²) in [7, 11) is 0. The highest BCUT2D eigenvalue weighted by molar-refractivity contribution is 6.27. The molecule has 16 rings (SSSR count). The number of para-hydroxylation sites is 2. The maximum Gasteiger partial charge on any atom is 0.238 e. The van der Waals surface area contributed by atoms with Crippen LogP contribution in [-0.4, -0.2) is 24.1 Å². The average molecular weight is 862 g/mol. The summed E-state index contributed by atoms with van der Waals surface area (Å²) in [4.78, 5) is 16.6. The summed E-state index contributed by atoms with van der Waals surface area (Å²) in [6.45, 7) is 0. The van der Waals surface area contributed by atoms with Gasteiger partial charge in [0.1, 0.15) is 0 Å². The molecule has 13 aromatic carbocycles. The van der Waals surface area contributed by atoms with Gasteiger partial charge in [0.2, 0.25) is 5.95 Å². The van der Waals surface area contributed by atoms with Crippen LogP contribution in [0.3, 0.4) is 0 Å². The molecule has 0 atom stereocenters. The van der Waals surface area contributed by atoms with Crippen molar-refractivity contribution in [3.63, 3.8) is 0 Å². The van der Waals surface area contributed by atoms with Crippen molar-refractivity contribution in [3.05, 3.63) is 212 Å². The summed E-state index contributed by atoms with van der Waals surface area (Å²) in [5, 5.41) is 21.7. The minimum absolute atomic E-state index is 0.571. The second-order valence-electron chi connectivity index (χ2n) is 18.4. The van der Waals surface area contributed by atoms with Gasteiger partial charge < -0.3 is 4.57 Å². The predicted molar refractivity (Wildman–Crippen MR) is 284 cm³/mol. The van der Waals surface area contributed by atoms with Gasteiger partial charge in [-0.15, -0.1) is 0 Å². The van der Waals surface area contributed by atoms with Crippen molar-refractivity contribution in [2.24, 2.45) is 0 Å². The van der Waals surface area contributed by atoms with E-state index in [-0.39, 0.29) is 0 Å². The summed E-state index contributed by atoms with van der Waals surface area (Å²) >= 11 is 0. The lowest BCUT2D eigenvalue weighted by molar-refractivity contribution is 0.956. The Morgan fingerprint density at radius 3 is 1.31 bits per heavy atom. The van der Waals surface area contributed by atoms with E-state index in [1.807, 2.05) is 0 Å². The van der Waals surface area contributed by atoms with Crippen molar-refractivity contribution >= 4 is 119 Å². The monoisotopic (exact) mass is 861 g/mol. The van der Waals surface area contributed by atoms with E-state index < -0.39 is 0 Å². The molecule has 0 radical (unpaired) electrons. The van der Waals surface area contributed by atoms with Gasteiger partial charge in [0.05, 0.1) is 22.1 Å². The molecule has 5 nitrogen and oxygen atoms in total. The third-order valence-corrected chi connectivity index (χ3v) is 14.7. The Hall–Kier alpha value is -9.19. The van der Waals surface area contributed by atoms with Crippen LogP contribution in [0.1, 0.15) is 0 Å². The molecule has 68 heavy (non-hydrogen) atoms. The molecule has 312 valence electrons. The fourth-order valence-electron chi connectivity index (χ4n) is 11.8. The zero-order chi connectivity index (χ0) is 44.2. The highest BCUT2D eigenvalue weighted by Crippen LogP contribution is 2.44. The molecule has 0 aliphatic carbocycles. The number of rotatable bonds is 4. The summed E-state index contributed by atoms with van der Waals surface area (Å²) in [5.41, 5.74) is 7.35. The minimum Gasteiger partial charge on any atom is -0.309 e. The van der Waals surface area contributed by atoms with Crippen molar-refractivity contribution in [3.8, 4) is 34.4 Å². The van der Waals surface area contributed by atoms with E-state index >= 15 is 0 Å². The predicted octanol–water partition coefficient (Wildman–Crippen LogP) is 16.3. The van der Waals surface area contributed by atoms with E-state index in [2.05, 4.69) is 221 Å². The average Bonchev–Trinajstić information content (AvgIpc) is 3.92. The fourth-order valence-corrected chi connectivity index (χ4v) is 11.8. The summed E-state index contributed by atoms with van der Waals surface area (Å²) in [6, 6.07) is 77.5. The molecular formula is C63H35N5. The van der Waals surface area contributed by atoms with E-state index in [1.165, 1.54) is 59.2 Å². The molecule has 3 aromatic heterocycles. The first-order chi connectivity index (χ1) is 33.7. The second kappa shape index (κ2) is 13.2. The van der Waals surface area contributed by atoms with E-state index in [9.17, 15) is 0 Å². The van der Waals surface area contributed by atoms with E-state index in [1.54, 1.807) is 0 Å². The topological polar surface area (TPSA) is 48.5 Å². The maximum atomic E-state index is 5.57. The smallest absolute Gasteiger partial charge is 0.238 e. The number of benzene rings is 13. The van der Waals surface area contributed by atoms with Gasteiger partial charge >= 0.3 is 0 Å². The molecule has 0 N–H and O–H groups in total. The second-order valence-corrected chi connectivity index (χ2v) is 18.4. The fraction of sp³-hybridized carbons (Fsp3) is 0. The van der Waals surface area contributed by atoms with Gasteiger partial charge in [-0.1, -0.05) is 158 Å². The van der Waals surface area contributed by atoms with Crippen molar-refractivity contribution in [1.29, 1.82) is 0 Å². The third-order valence-electron chi connectivity index (χ3n) is 14.7. The zero-order valence-corrected chi connectivity index (χ0v) is 36.4. The first-order valence-corrected chi connectivity index (χ1v) is 23.3. The number of hydrogen-bond donors (Lipinski definition) is 0. The molecule has 0 saturated carbocycles. The molecule has 0 unspecified atom stereocenters. The minimum atomic E-state index is 0.571. The Morgan fingerprint density at radius 2 is 0.721 bits per heavy atom. The Labute approximate surface area is 388 Å². The van der Waals surface area contributed by atoms with Crippen LogP contribution in [-0.2, 0) is 0 Å². The van der Waals surface area contributed by atoms with E-state index in [0.29, 0.717) is 17.6 Å².